The van der Waals surface area contributed by atoms with E-state index in [1.165, 1.54) is 22.1 Å². The summed E-state index contributed by atoms with van der Waals surface area (Å²) < 4.78 is 67.9. The monoisotopic (exact) mass is 699 g/mol. The smallest absolute Gasteiger partial charge is 0.263 e. The lowest BCUT2D eigenvalue weighted by molar-refractivity contribution is -0.202. The number of sulfonamides is 2. The number of rotatable bonds is 14. The van der Waals surface area contributed by atoms with Crippen LogP contribution in [0.5, 0.6) is 5.75 Å². The Kier molecular flexibility index (Phi) is 11.6. The highest BCUT2D eigenvalue weighted by Gasteiger charge is 2.44. The first-order chi connectivity index (χ1) is 21.7. The third-order valence-corrected chi connectivity index (χ3v) is 13.7. The molecule has 5 rings (SSSR count). The van der Waals surface area contributed by atoms with E-state index in [-0.39, 0.29) is 29.6 Å². The van der Waals surface area contributed by atoms with Crippen molar-refractivity contribution in [3.63, 3.8) is 0 Å². The van der Waals surface area contributed by atoms with Crippen LogP contribution in [0.3, 0.4) is 0 Å². The maximum atomic E-state index is 14.0. The van der Waals surface area contributed by atoms with Gasteiger partial charge in [-0.1, -0.05) is 11.8 Å². The molecule has 17 heteroatoms. The minimum Gasteiger partial charge on any atom is -0.494 e. The molecule has 4 heterocycles. The third kappa shape index (κ3) is 8.65. The van der Waals surface area contributed by atoms with Crippen molar-refractivity contribution in [2.75, 3.05) is 44.4 Å². The van der Waals surface area contributed by atoms with Gasteiger partial charge >= 0.3 is 0 Å². The van der Waals surface area contributed by atoms with Gasteiger partial charge in [0.1, 0.15) is 16.0 Å². The van der Waals surface area contributed by atoms with Gasteiger partial charge in [-0.15, -0.1) is 11.3 Å². The molecular formula is C28H37N5O8S4. The number of thioether (sulfide) groups is 1. The van der Waals surface area contributed by atoms with E-state index in [1.807, 2.05) is 31.2 Å². The van der Waals surface area contributed by atoms with E-state index in [0.717, 1.165) is 38.9 Å². The normalized spacial score (nSPS) is 20.2. The zero-order valence-electron chi connectivity index (χ0n) is 24.8. The van der Waals surface area contributed by atoms with Crippen molar-refractivity contribution in [2.45, 2.75) is 54.3 Å². The van der Waals surface area contributed by atoms with Gasteiger partial charge in [0, 0.05) is 55.7 Å². The number of benzene rings is 1. The van der Waals surface area contributed by atoms with E-state index >= 15 is 0 Å². The van der Waals surface area contributed by atoms with Crippen LogP contribution in [-0.4, -0.2) is 98.0 Å². The summed E-state index contributed by atoms with van der Waals surface area (Å²) in [6, 6.07) is 9.21. The van der Waals surface area contributed by atoms with Gasteiger partial charge in [0.15, 0.2) is 11.4 Å². The number of aromatic amines is 1. The predicted octanol–water partition coefficient (Wildman–Crippen LogP) is 3.30. The fourth-order valence-corrected chi connectivity index (χ4v) is 10.4. The summed E-state index contributed by atoms with van der Waals surface area (Å²) in [6.07, 6.45) is 5.34. The van der Waals surface area contributed by atoms with Crippen LogP contribution >= 0.6 is 23.1 Å². The van der Waals surface area contributed by atoms with Crippen LogP contribution in [0.25, 0.3) is 10.4 Å². The highest BCUT2D eigenvalue weighted by atomic mass is 32.2. The fourth-order valence-electron chi connectivity index (χ4n) is 4.97. The lowest BCUT2D eigenvalue weighted by Gasteiger charge is -2.38. The number of aromatic nitrogens is 2. The average Bonchev–Trinajstić information content (AvgIpc) is 3.76. The predicted molar refractivity (Wildman–Crippen MR) is 171 cm³/mol. The van der Waals surface area contributed by atoms with Crippen molar-refractivity contribution in [3.05, 3.63) is 48.8 Å². The summed E-state index contributed by atoms with van der Waals surface area (Å²) in [5, 5.41) is 0.698. The lowest BCUT2D eigenvalue weighted by Crippen LogP contribution is -2.61. The number of hydroxylamine groups is 1. The SMILES string of the molecule is CCOc1ccc(-c2ccc(S(=O)(=O)N3CCN(S(=O)(=O)CCCSc4ncc[nH]4)C[C@@H]3C(=O)NOC3CCCCO3)s2)cc1. The highest BCUT2D eigenvalue weighted by molar-refractivity contribution is 7.99. The van der Waals surface area contributed by atoms with E-state index in [0.29, 0.717) is 42.7 Å². The number of hydrogen-bond donors (Lipinski definition) is 2. The molecular weight excluding hydrogens is 663 g/mol. The molecule has 0 saturated carbocycles. The Balaban J connectivity index is 1.31. The molecule has 0 bridgehead atoms. The Morgan fingerprint density at radius 2 is 1.98 bits per heavy atom. The van der Waals surface area contributed by atoms with Crippen LogP contribution in [0.2, 0.25) is 0 Å². The van der Waals surface area contributed by atoms with Crippen LogP contribution in [0.15, 0.2) is 58.2 Å². The Labute approximate surface area is 271 Å². The number of nitrogens with one attached hydrogen (secondary N) is 2. The summed E-state index contributed by atoms with van der Waals surface area (Å²) >= 11 is 2.49. The molecule has 2 aliphatic heterocycles. The van der Waals surface area contributed by atoms with E-state index < -0.39 is 38.3 Å². The number of piperazine rings is 1. The third-order valence-electron chi connectivity index (χ3n) is 7.27. The molecule has 2 N–H and O–H groups in total. The maximum absolute atomic E-state index is 14.0. The number of ether oxygens (including phenoxy) is 2. The zero-order valence-corrected chi connectivity index (χ0v) is 28.1. The van der Waals surface area contributed by atoms with Crippen molar-refractivity contribution in [1.82, 2.24) is 24.1 Å². The molecule has 1 unspecified atom stereocenters. The number of carbonyl (C=O) groups excluding carboxylic acids is 1. The summed E-state index contributed by atoms with van der Waals surface area (Å²) in [5.41, 5.74) is 3.17. The van der Waals surface area contributed by atoms with Gasteiger partial charge in [-0.25, -0.2) is 32.1 Å². The molecule has 1 amide bonds. The van der Waals surface area contributed by atoms with Crippen molar-refractivity contribution < 1.29 is 35.9 Å². The fraction of sp³-hybridized carbons (Fsp3) is 0.500. The molecule has 0 aliphatic carbocycles. The Bertz CT molecular complexity index is 1610. The molecule has 246 valence electrons. The number of nitrogens with zero attached hydrogens (tertiary/aromatic N) is 3. The molecule has 1 aromatic carbocycles. The minimum absolute atomic E-state index is 0.0481. The van der Waals surface area contributed by atoms with E-state index in [9.17, 15) is 21.6 Å². The maximum Gasteiger partial charge on any atom is 0.263 e. The zero-order chi connectivity index (χ0) is 31.9. The summed E-state index contributed by atoms with van der Waals surface area (Å²) in [7, 11) is -7.96. The molecule has 3 aromatic rings. The van der Waals surface area contributed by atoms with Gasteiger partial charge in [0.25, 0.3) is 15.9 Å². The lowest BCUT2D eigenvalue weighted by atomic mass is 10.2. The second-order valence-electron chi connectivity index (χ2n) is 10.4. The van der Waals surface area contributed by atoms with Crippen molar-refractivity contribution in [2.24, 2.45) is 0 Å². The van der Waals surface area contributed by atoms with Crippen LogP contribution in [0, 0.1) is 0 Å². The summed E-state index contributed by atoms with van der Waals surface area (Å²) in [4.78, 5) is 26.7. The number of thiophene rings is 1. The largest absolute Gasteiger partial charge is 0.494 e. The number of amides is 1. The van der Waals surface area contributed by atoms with Crippen LogP contribution < -0.4 is 10.2 Å². The number of H-pyrrole nitrogens is 1. The molecule has 2 aliphatic rings. The topological polar surface area (TPSA) is 160 Å². The van der Waals surface area contributed by atoms with Crippen LogP contribution in [0.1, 0.15) is 32.6 Å². The van der Waals surface area contributed by atoms with E-state index in [2.05, 4.69) is 15.4 Å². The van der Waals surface area contributed by atoms with Crippen LogP contribution in [0.4, 0.5) is 0 Å². The van der Waals surface area contributed by atoms with Gasteiger partial charge in [0.05, 0.1) is 12.4 Å². The second kappa shape index (κ2) is 15.4. The first kappa shape index (κ1) is 33.8. The Morgan fingerprint density at radius 3 is 2.69 bits per heavy atom. The summed E-state index contributed by atoms with van der Waals surface area (Å²) in [6.45, 7) is 2.30. The van der Waals surface area contributed by atoms with Gasteiger partial charge in [0.2, 0.25) is 10.0 Å². The van der Waals surface area contributed by atoms with E-state index in [1.54, 1.807) is 18.5 Å². The molecule has 2 aromatic heterocycles. The van der Waals surface area contributed by atoms with Crippen LogP contribution in [-0.2, 0) is 34.4 Å². The number of hydrogen-bond acceptors (Lipinski definition) is 11. The Hall–Kier alpha value is -2.51. The van der Waals surface area contributed by atoms with Gasteiger partial charge in [-0.05, 0) is 68.1 Å². The molecule has 2 saturated heterocycles. The van der Waals surface area contributed by atoms with Crippen molar-refractivity contribution in [3.8, 4) is 16.2 Å². The first-order valence-electron chi connectivity index (χ1n) is 14.7. The molecule has 0 radical (unpaired) electrons. The number of imidazole rings is 1. The Morgan fingerprint density at radius 1 is 1.16 bits per heavy atom. The summed E-state index contributed by atoms with van der Waals surface area (Å²) in [5.74, 6) is 0.327. The molecule has 2 atom stereocenters. The highest BCUT2D eigenvalue weighted by Crippen LogP contribution is 2.34. The molecule has 13 nitrogen and oxygen atoms in total. The first-order valence-corrected chi connectivity index (χ1v) is 19.5. The average molecular weight is 700 g/mol. The van der Waals surface area contributed by atoms with Crippen molar-refractivity contribution >= 4 is 49.1 Å². The quantitative estimate of drug-likeness (QED) is 0.145. The number of carbonyl (C=O) groups is 1. The van der Waals surface area contributed by atoms with Crippen molar-refractivity contribution in [1.29, 1.82) is 0 Å². The second-order valence-corrected chi connectivity index (χ2v) is 16.7. The molecule has 45 heavy (non-hydrogen) atoms. The minimum atomic E-state index is -4.17. The molecule has 2 fully saturated rings. The van der Waals surface area contributed by atoms with Gasteiger partial charge in [-0.3, -0.25) is 4.79 Å². The standard InChI is InChI=1S/C28H37N5O8S4/c1-2-39-22-9-7-21(8-10-22)24-11-12-26(43-24)45(37,38)33-16-15-32(44(35,36)19-5-18-42-28-29-13-14-30-28)20-23(33)27(34)31-41-25-6-3-4-17-40-25/h7-14,23,25H,2-6,15-20H2,1H3,(H,29,30)(H,31,34)/t23-,25?/m1/s1. The van der Waals surface area contributed by atoms with E-state index in [4.69, 9.17) is 14.3 Å². The van der Waals surface area contributed by atoms with Gasteiger partial charge < -0.3 is 14.5 Å². The van der Waals surface area contributed by atoms with Gasteiger partial charge in [-0.2, -0.15) is 8.61 Å². The molecule has 0 spiro atoms.